The average molecular weight is 610 g/mol. The third-order valence-corrected chi connectivity index (χ3v) is 5.97. The van der Waals surface area contributed by atoms with Gasteiger partial charge in [0, 0.05) is 6.42 Å². The zero-order valence-corrected chi connectivity index (χ0v) is 26.3. The highest BCUT2D eigenvalue weighted by Crippen LogP contribution is 2.26. The molecule has 0 fully saturated rings. The van der Waals surface area contributed by atoms with Crippen LogP contribution in [0.4, 0.5) is 4.79 Å². The van der Waals surface area contributed by atoms with Crippen LogP contribution in [0.15, 0.2) is 73.3 Å². The number of hydrogen-bond acceptors (Lipinski definition) is 9. The van der Waals surface area contributed by atoms with Gasteiger partial charge in [0.05, 0.1) is 12.0 Å². The summed E-state index contributed by atoms with van der Waals surface area (Å²) in [7, 11) is 0. The van der Waals surface area contributed by atoms with Crippen molar-refractivity contribution >= 4 is 29.8 Å². The highest BCUT2D eigenvalue weighted by molar-refractivity contribution is 6.01. The van der Waals surface area contributed by atoms with Crippen molar-refractivity contribution in [1.29, 1.82) is 0 Å². The summed E-state index contributed by atoms with van der Waals surface area (Å²) in [5.74, 6) is -7.21. The minimum absolute atomic E-state index is 0.0582. The molecule has 0 saturated carbocycles. The smallest absolute Gasteiger partial charge is 0.408 e. The molecule has 0 aliphatic heterocycles. The third kappa shape index (κ3) is 12.8. The normalized spacial score (nSPS) is 13.4. The van der Waals surface area contributed by atoms with E-state index in [4.69, 9.17) is 18.9 Å². The van der Waals surface area contributed by atoms with Gasteiger partial charge in [-0.15, -0.1) is 0 Å². The Balaban J connectivity index is 2.49. The van der Waals surface area contributed by atoms with Crippen molar-refractivity contribution in [3.8, 4) is 0 Å². The predicted molar refractivity (Wildman–Crippen MR) is 163 cm³/mol. The van der Waals surface area contributed by atoms with Crippen molar-refractivity contribution in [3.63, 3.8) is 0 Å². The first kappa shape index (κ1) is 35.7. The van der Waals surface area contributed by atoms with Gasteiger partial charge < -0.3 is 24.3 Å². The van der Waals surface area contributed by atoms with Crippen LogP contribution in [0.1, 0.15) is 59.1 Å². The molecule has 1 unspecified atom stereocenters. The number of carbonyl (C=O) groups excluding carboxylic acids is 5. The number of esters is 3. The highest BCUT2D eigenvalue weighted by Gasteiger charge is 2.45. The summed E-state index contributed by atoms with van der Waals surface area (Å²) in [5.41, 5.74) is -0.489. The molecule has 2 aromatic carbocycles. The number of nitrogens with one attached hydrogen (secondary N) is 1. The van der Waals surface area contributed by atoms with Gasteiger partial charge in [0.2, 0.25) is 0 Å². The summed E-state index contributed by atoms with van der Waals surface area (Å²) in [6.45, 7) is 12.9. The molecule has 10 heteroatoms. The maximum Gasteiger partial charge on any atom is 0.408 e. The Labute approximate surface area is 259 Å². The van der Waals surface area contributed by atoms with Crippen molar-refractivity contribution in [2.75, 3.05) is 6.61 Å². The monoisotopic (exact) mass is 609 g/mol. The van der Waals surface area contributed by atoms with Gasteiger partial charge >= 0.3 is 24.0 Å². The predicted octanol–water partition coefficient (Wildman–Crippen LogP) is 5.13. The lowest BCUT2D eigenvalue weighted by molar-refractivity contribution is -0.177. The van der Waals surface area contributed by atoms with Crippen molar-refractivity contribution in [2.45, 2.75) is 78.2 Å². The van der Waals surface area contributed by atoms with Crippen LogP contribution >= 0.6 is 0 Å². The number of hydrogen-bond donors (Lipinski definition) is 1. The molecule has 2 rings (SSSR count). The van der Waals surface area contributed by atoms with Gasteiger partial charge in [-0.2, -0.15) is 0 Å². The fourth-order valence-electron chi connectivity index (χ4n) is 4.10. The molecule has 1 amide bonds. The Morgan fingerprint density at radius 1 is 0.750 bits per heavy atom. The fraction of sp³-hybridized carbons (Fsp3) is 0.441. The molecule has 10 nitrogen and oxygen atoms in total. The number of ether oxygens (including phenoxy) is 4. The van der Waals surface area contributed by atoms with E-state index in [2.05, 4.69) is 11.9 Å². The second-order valence-electron chi connectivity index (χ2n) is 12.2. The van der Waals surface area contributed by atoms with E-state index < -0.39 is 65.3 Å². The zero-order valence-electron chi connectivity index (χ0n) is 26.3. The van der Waals surface area contributed by atoms with Crippen LogP contribution in [0.25, 0.3) is 0 Å². The van der Waals surface area contributed by atoms with Crippen LogP contribution in [0.5, 0.6) is 0 Å². The van der Waals surface area contributed by atoms with Crippen LogP contribution in [-0.4, -0.2) is 53.6 Å². The Bertz CT molecular complexity index is 1280. The quantitative estimate of drug-likeness (QED) is 0.134. The molecule has 1 N–H and O–H groups in total. The van der Waals surface area contributed by atoms with Crippen LogP contribution in [-0.2, 0) is 51.2 Å². The van der Waals surface area contributed by atoms with Crippen LogP contribution in [0.3, 0.4) is 0 Å². The molecule has 2 aromatic rings. The minimum atomic E-state index is -1.83. The molecule has 0 saturated heterocycles. The van der Waals surface area contributed by atoms with Crippen LogP contribution in [0.2, 0.25) is 0 Å². The minimum Gasteiger partial charge on any atom is -0.461 e. The van der Waals surface area contributed by atoms with E-state index in [-0.39, 0.29) is 19.6 Å². The number of amides is 1. The lowest BCUT2D eigenvalue weighted by Crippen LogP contribution is -2.47. The second-order valence-corrected chi connectivity index (χ2v) is 12.2. The fourth-order valence-corrected chi connectivity index (χ4v) is 4.10. The third-order valence-electron chi connectivity index (χ3n) is 5.97. The van der Waals surface area contributed by atoms with E-state index in [9.17, 15) is 24.0 Å². The van der Waals surface area contributed by atoms with Gasteiger partial charge in [0.15, 0.2) is 11.7 Å². The van der Waals surface area contributed by atoms with E-state index in [1.807, 2.05) is 0 Å². The molecule has 3 atom stereocenters. The van der Waals surface area contributed by atoms with Gasteiger partial charge in [-0.05, 0) is 59.1 Å². The molecule has 0 aliphatic carbocycles. The number of Topliss-reactive ketones (excluding diaryl/α,β-unsaturated/α-hetero) is 1. The lowest BCUT2D eigenvalue weighted by atomic mass is 9.85. The first-order valence-electron chi connectivity index (χ1n) is 14.4. The summed E-state index contributed by atoms with van der Waals surface area (Å²) < 4.78 is 21.5. The average Bonchev–Trinajstić information content (AvgIpc) is 2.93. The number of rotatable bonds is 14. The Hall–Kier alpha value is -4.47. The van der Waals surface area contributed by atoms with Gasteiger partial charge in [0.25, 0.3) is 0 Å². The van der Waals surface area contributed by atoms with Gasteiger partial charge in [-0.1, -0.05) is 73.3 Å². The van der Waals surface area contributed by atoms with E-state index in [0.717, 1.165) is 5.56 Å². The van der Waals surface area contributed by atoms with Crippen LogP contribution < -0.4 is 5.32 Å². The zero-order chi connectivity index (χ0) is 32.9. The highest BCUT2D eigenvalue weighted by atomic mass is 16.6. The van der Waals surface area contributed by atoms with Crippen LogP contribution in [0, 0.1) is 11.8 Å². The Morgan fingerprint density at radius 2 is 1.30 bits per heavy atom. The van der Waals surface area contributed by atoms with Crippen molar-refractivity contribution in [1.82, 2.24) is 5.32 Å². The molecule has 44 heavy (non-hydrogen) atoms. The largest absolute Gasteiger partial charge is 0.461 e. The molecule has 238 valence electrons. The molecule has 0 aromatic heterocycles. The molecular weight excluding hydrogens is 566 g/mol. The summed E-state index contributed by atoms with van der Waals surface area (Å²) in [4.78, 5) is 66.9. The molecule has 0 spiro atoms. The number of alkyl carbamates (subject to hydrolysis) is 1. The summed E-state index contributed by atoms with van der Waals surface area (Å²) in [5, 5.41) is 2.59. The maximum absolute atomic E-state index is 13.9. The summed E-state index contributed by atoms with van der Waals surface area (Å²) in [6, 6.07) is 16.5. The molecule has 0 aliphatic rings. The van der Waals surface area contributed by atoms with E-state index >= 15 is 0 Å². The number of carbonyl (C=O) groups is 5. The lowest BCUT2D eigenvalue weighted by Gasteiger charge is -2.28. The second kappa shape index (κ2) is 16.4. The van der Waals surface area contributed by atoms with E-state index in [1.165, 1.54) is 6.08 Å². The molecular formula is C34H43NO9. The van der Waals surface area contributed by atoms with Gasteiger partial charge in [-0.25, -0.2) is 4.79 Å². The first-order valence-corrected chi connectivity index (χ1v) is 14.4. The number of benzene rings is 2. The summed E-state index contributed by atoms with van der Waals surface area (Å²) >= 11 is 0. The van der Waals surface area contributed by atoms with Crippen molar-refractivity contribution in [2.24, 2.45) is 11.8 Å². The topological polar surface area (TPSA) is 134 Å². The standard InChI is InChI=1S/C34H43NO9/c1-8-19-41-30(38)28(31(39)43-33(2,3)4)25(29(37)42-22-24-17-13-10-14-18-24)21-27(36)26(20-23-15-11-9-12-16-23)35-32(40)44-34(5,6)7/h8-18,25-26,28H,1,19-22H2,2-7H3,(H,35,40)/t25-,26-,28?/m0/s1. The maximum atomic E-state index is 13.9. The van der Waals surface area contributed by atoms with E-state index in [0.29, 0.717) is 5.56 Å². The first-order chi connectivity index (χ1) is 20.6. The number of ketones is 1. The SMILES string of the molecule is C=CCOC(=O)C(C(=O)OC(C)(C)C)[C@H](CC(=O)[C@H](Cc1ccccc1)NC(=O)OC(C)(C)C)C(=O)OCc1ccccc1. The van der Waals surface area contributed by atoms with Gasteiger partial charge in [-0.3, -0.25) is 19.2 Å². The molecule has 0 bridgehead atoms. The van der Waals surface area contributed by atoms with Crippen molar-refractivity contribution in [3.05, 3.63) is 84.4 Å². The Kier molecular flexibility index (Phi) is 13.3. The van der Waals surface area contributed by atoms with Gasteiger partial charge in [0.1, 0.15) is 24.4 Å². The van der Waals surface area contributed by atoms with Crippen molar-refractivity contribution < 1.29 is 42.9 Å². The summed E-state index contributed by atoms with van der Waals surface area (Å²) in [6.07, 6.45) is -0.126. The van der Waals surface area contributed by atoms with E-state index in [1.54, 1.807) is 102 Å². The molecule has 0 radical (unpaired) electrons. The Morgan fingerprint density at radius 3 is 1.82 bits per heavy atom. The molecule has 0 heterocycles.